The van der Waals surface area contributed by atoms with Gasteiger partial charge >= 0.3 is 129 Å². The van der Waals surface area contributed by atoms with Crippen molar-refractivity contribution in [2.45, 2.75) is 41.5 Å². The van der Waals surface area contributed by atoms with Crippen molar-refractivity contribution in [3.05, 3.63) is 0 Å². The zero-order chi connectivity index (χ0) is 14.1. The van der Waals surface area contributed by atoms with E-state index in [1.165, 1.54) is 52.0 Å². The normalized spacial score (nSPS) is 19.7. The van der Waals surface area contributed by atoms with Crippen LogP contribution in [0.3, 0.4) is 0 Å². The Morgan fingerprint density at radius 3 is 2.74 bits per heavy atom. The van der Waals surface area contributed by atoms with Crippen LogP contribution in [0.4, 0.5) is 0 Å². The van der Waals surface area contributed by atoms with E-state index in [1.54, 1.807) is 8.35 Å². The van der Waals surface area contributed by atoms with Gasteiger partial charge in [-0.05, 0) is 0 Å². The number of hydrogen-bond acceptors (Lipinski definition) is 3. The molecule has 0 spiro atoms. The maximum absolute atomic E-state index is 3.95. The molecule has 19 heavy (non-hydrogen) atoms. The zero-order valence-corrected chi connectivity index (χ0v) is 16.9. The van der Waals surface area contributed by atoms with Gasteiger partial charge < -0.3 is 0 Å². The van der Waals surface area contributed by atoms with Crippen LogP contribution in [0, 0.1) is 5.92 Å². The van der Waals surface area contributed by atoms with Gasteiger partial charge in [0.2, 0.25) is 0 Å². The molecule has 1 N–H and O–H groups in total. The second-order valence-electron chi connectivity index (χ2n) is 6.55. The minimum atomic E-state index is -1.35. The van der Waals surface area contributed by atoms with Crippen LogP contribution >= 0.6 is 0 Å². The Hall–Kier alpha value is 0.750. The van der Waals surface area contributed by atoms with Crippen molar-refractivity contribution in [1.82, 2.24) is 13.1 Å². The summed E-state index contributed by atoms with van der Waals surface area (Å²) in [4.78, 5) is 5.02. The fourth-order valence-electron chi connectivity index (χ4n) is 2.80. The summed E-state index contributed by atoms with van der Waals surface area (Å²) < 4.78 is 7.05. The van der Waals surface area contributed by atoms with Gasteiger partial charge in [0.15, 0.2) is 0 Å². The van der Waals surface area contributed by atoms with E-state index in [1.807, 2.05) is 0 Å². The van der Waals surface area contributed by atoms with Crippen LogP contribution in [-0.4, -0.2) is 78.3 Å². The van der Waals surface area contributed by atoms with Gasteiger partial charge in [0, 0.05) is 0 Å². The van der Waals surface area contributed by atoms with E-state index in [-0.39, 0.29) is 0 Å². The fraction of sp³-hybridized carbons (Fsp3) is 1.00. The first kappa shape index (κ1) is 17.8. The number of nitrogens with one attached hydrogen (secondary N) is 1. The van der Waals surface area contributed by atoms with Gasteiger partial charge in [0.25, 0.3) is 0 Å². The van der Waals surface area contributed by atoms with Gasteiger partial charge in [-0.3, -0.25) is 0 Å². The summed E-state index contributed by atoms with van der Waals surface area (Å²) in [5.74, 6) is 0.867. The van der Waals surface area contributed by atoms with E-state index in [0.29, 0.717) is 0 Å². The predicted molar refractivity (Wildman–Crippen MR) is 87.1 cm³/mol. The standard InChI is InChI=1S/C9H20N2.C6H14N.In/c1-4-9(3)8-11(5-2)7-6-10;1-4-5-6-7(2)3;/h9-10H,2,4-8H2,1,3H3;1,4-6H2,2-3H3;/q-1;;+1. The molecule has 3 nitrogen and oxygen atoms in total. The van der Waals surface area contributed by atoms with E-state index in [0.717, 1.165) is 5.92 Å². The maximum atomic E-state index is 3.95. The van der Waals surface area contributed by atoms with Gasteiger partial charge in [0.05, 0.1) is 0 Å². The Balaban J connectivity index is 2.15. The Labute approximate surface area is 129 Å². The van der Waals surface area contributed by atoms with Crippen molar-refractivity contribution >= 4 is 21.7 Å². The van der Waals surface area contributed by atoms with Gasteiger partial charge in [-0.15, -0.1) is 0 Å². The molecule has 1 atom stereocenters. The van der Waals surface area contributed by atoms with Gasteiger partial charge in [-0.25, -0.2) is 0 Å². The molecular weight excluding hydrogens is 337 g/mol. The van der Waals surface area contributed by atoms with Crippen LogP contribution in [0.25, 0.3) is 0 Å². The van der Waals surface area contributed by atoms with Crippen LogP contribution in [-0.2, 0) is 0 Å². The molecule has 0 aromatic rings. The summed E-state index contributed by atoms with van der Waals surface area (Å²) in [7, 11) is 4.36. The molecule has 1 heterocycles. The van der Waals surface area contributed by atoms with Crippen LogP contribution in [0.5, 0.6) is 0 Å². The van der Waals surface area contributed by atoms with Gasteiger partial charge in [-0.2, -0.15) is 0 Å². The molecule has 0 radical (unpaired) electrons. The average molecular weight is 371 g/mol. The number of unbranched alkanes of at least 4 members (excludes halogenated alkanes) is 1. The molecule has 4 heteroatoms. The topological polar surface area (TPSA) is 18.5 Å². The summed E-state index contributed by atoms with van der Waals surface area (Å²) >= 11 is -1.35. The van der Waals surface area contributed by atoms with Gasteiger partial charge in [-0.1, -0.05) is 0 Å². The molecule has 0 bridgehead atoms. The molecule has 1 unspecified atom stereocenters. The van der Waals surface area contributed by atoms with Gasteiger partial charge in [0.1, 0.15) is 0 Å². The number of rotatable bonds is 8. The second-order valence-corrected chi connectivity index (χ2v) is 15.0. The molecule has 0 aromatic carbocycles. The third-order valence-electron chi connectivity index (χ3n) is 4.33. The van der Waals surface area contributed by atoms with Crippen LogP contribution < -0.4 is 3.30 Å². The molecule has 1 aliphatic rings. The molecule has 1 rings (SSSR count). The van der Waals surface area contributed by atoms with E-state index < -0.39 is 21.7 Å². The van der Waals surface area contributed by atoms with Crippen molar-refractivity contribution in [2.75, 3.05) is 46.8 Å². The zero-order valence-electron chi connectivity index (χ0n) is 13.6. The second kappa shape index (κ2) is 10.5. The summed E-state index contributed by atoms with van der Waals surface area (Å²) in [5, 5.41) is 0. The van der Waals surface area contributed by atoms with Crippen molar-refractivity contribution in [1.29, 1.82) is 0 Å². The average Bonchev–Trinajstić information content (AvgIpc) is 2.60. The molecule has 1 fully saturated rings. The fourth-order valence-corrected chi connectivity index (χ4v) is 10.5. The molecule has 0 aromatic heterocycles. The molecule has 0 saturated carbocycles. The summed E-state index contributed by atoms with van der Waals surface area (Å²) in [6.07, 6.45) is 4.16. The van der Waals surface area contributed by atoms with Crippen LogP contribution in [0.2, 0.25) is 8.35 Å². The predicted octanol–water partition coefficient (Wildman–Crippen LogP) is 2.27. The SMILES string of the molecule is CCC(C)CN1CC[NH][In]([CH2]CCCN(C)C)[CH2]C1. The molecule has 112 valence electrons. The first-order valence-corrected chi connectivity index (χ1v) is 14.5. The summed E-state index contributed by atoms with van der Waals surface area (Å²) in [6.45, 7) is 11.2. The van der Waals surface area contributed by atoms with Crippen molar-refractivity contribution in [2.24, 2.45) is 5.92 Å². The quantitative estimate of drug-likeness (QED) is 0.661. The molecule has 1 saturated heterocycles. The third-order valence-corrected chi connectivity index (χ3v) is 12.7. The monoisotopic (exact) mass is 371 g/mol. The first-order valence-electron chi connectivity index (χ1n) is 8.22. The van der Waals surface area contributed by atoms with Crippen molar-refractivity contribution in [3.63, 3.8) is 0 Å². The Kier molecular flexibility index (Phi) is 9.81. The molecule has 0 aliphatic carbocycles. The van der Waals surface area contributed by atoms with E-state index in [9.17, 15) is 0 Å². The Morgan fingerprint density at radius 2 is 2.05 bits per heavy atom. The Bertz CT molecular complexity index is 223. The third kappa shape index (κ3) is 8.59. The first-order chi connectivity index (χ1) is 9.11. The van der Waals surface area contributed by atoms with Crippen molar-refractivity contribution < 1.29 is 0 Å². The molecule has 0 amide bonds. The number of hydrogen-bond donors (Lipinski definition) is 1. The van der Waals surface area contributed by atoms with Crippen molar-refractivity contribution in [3.8, 4) is 0 Å². The summed E-state index contributed by atoms with van der Waals surface area (Å²) in [6, 6.07) is 0. The molecule has 1 aliphatic heterocycles. The van der Waals surface area contributed by atoms with E-state index in [4.69, 9.17) is 0 Å². The van der Waals surface area contributed by atoms with Crippen LogP contribution in [0.15, 0.2) is 0 Å². The summed E-state index contributed by atoms with van der Waals surface area (Å²) in [5.41, 5.74) is 0. The molecular formula is C15H34InN3. The van der Waals surface area contributed by atoms with Crippen LogP contribution in [0.1, 0.15) is 33.1 Å². The Morgan fingerprint density at radius 1 is 1.26 bits per heavy atom. The van der Waals surface area contributed by atoms with E-state index in [2.05, 4.69) is 41.0 Å². The van der Waals surface area contributed by atoms with E-state index >= 15 is 0 Å². The number of nitrogens with zero attached hydrogens (tertiary/aromatic N) is 2. The minimum absolute atomic E-state index is 0.867.